The fourth-order valence-electron chi connectivity index (χ4n) is 4.45. The molecule has 0 aliphatic carbocycles. The Morgan fingerprint density at radius 3 is 2.23 bits per heavy atom. The smallest absolute Gasteiger partial charge is 0.367 e. The number of carbonyl (C=O) groups excluding carboxylic acids is 2. The Balaban J connectivity index is 1.35. The molecular weight excluding hydrogens is 551 g/mol. The number of pyridine rings is 1. The molecule has 2 saturated heterocycles. The molecule has 0 unspecified atom stereocenters. The van der Waals surface area contributed by atoms with Gasteiger partial charge in [0.1, 0.15) is 11.4 Å². The number of nitrogens with zero attached hydrogens (tertiary/aromatic N) is 4. The van der Waals surface area contributed by atoms with Gasteiger partial charge in [0, 0.05) is 43.1 Å². The van der Waals surface area contributed by atoms with E-state index in [0.29, 0.717) is 48.3 Å². The molecule has 0 radical (unpaired) electrons. The van der Waals surface area contributed by atoms with Crippen LogP contribution in [0.15, 0.2) is 72.4 Å². The molecular formula is C27H21ClF3N5O2S. The average molecular weight is 572 g/mol. The van der Waals surface area contributed by atoms with Crippen molar-refractivity contribution in [2.75, 3.05) is 40.9 Å². The number of nitrogens with one attached hydrogen (secondary N) is 1. The zero-order valence-electron chi connectivity index (χ0n) is 20.3. The molecule has 1 N–H and O–H groups in total. The van der Waals surface area contributed by atoms with Crippen LogP contribution in [0.25, 0.3) is 6.08 Å². The molecule has 200 valence electrons. The molecule has 2 aliphatic rings. The monoisotopic (exact) mass is 571 g/mol. The summed E-state index contributed by atoms with van der Waals surface area (Å²) in [6.45, 7) is 2.18. The van der Waals surface area contributed by atoms with Gasteiger partial charge in [-0.15, -0.1) is 0 Å². The van der Waals surface area contributed by atoms with E-state index >= 15 is 0 Å². The fraction of sp³-hybridized carbons (Fsp3) is 0.185. The first-order valence-electron chi connectivity index (χ1n) is 11.9. The molecule has 0 atom stereocenters. The van der Waals surface area contributed by atoms with Gasteiger partial charge < -0.3 is 9.80 Å². The van der Waals surface area contributed by atoms with E-state index in [-0.39, 0.29) is 10.7 Å². The van der Waals surface area contributed by atoms with Crippen molar-refractivity contribution in [2.24, 2.45) is 0 Å². The molecule has 7 nitrogen and oxygen atoms in total. The SMILES string of the molecule is O=C1NC(=S)N(c2ccc(Cl)cc2)C(=O)/C1=C/c1ccccc1N1CCN(c2ccc(C(F)(F)F)cn2)CC1. The summed E-state index contributed by atoms with van der Waals surface area (Å²) in [5.74, 6) is -0.678. The molecule has 2 aliphatic heterocycles. The van der Waals surface area contributed by atoms with E-state index in [9.17, 15) is 22.8 Å². The highest BCUT2D eigenvalue weighted by molar-refractivity contribution is 7.80. The van der Waals surface area contributed by atoms with Crippen molar-refractivity contribution in [1.29, 1.82) is 0 Å². The zero-order chi connectivity index (χ0) is 27.7. The number of amides is 2. The van der Waals surface area contributed by atoms with Gasteiger partial charge in [0.2, 0.25) is 0 Å². The number of hydrogen-bond acceptors (Lipinski definition) is 6. The first-order chi connectivity index (χ1) is 18.6. The van der Waals surface area contributed by atoms with E-state index in [1.807, 2.05) is 29.2 Å². The van der Waals surface area contributed by atoms with Crippen molar-refractivity contribution in [3.05, 3.63) is 88.6 Å². The van der Waals surface area contributed by atoms with E-state index in [0.717, 1.165) is 18.0 Å². The highest BCUT2D eigenvalue weighted by atomic mass is 35.5. The molecule has 0 bridgehead atoms. The number of piperazine rings is 1. The third-order valence-corrected chi connectivity index (χ3v) is 6.98. The van der Waals surface area contributed by atoms with Gasteiger partial charge in [0.25, 0.3) is 11.8 Å². The quantitative estimate of drug-likeness (QED) is 0.273. The molecule has 1 aromatic heterocycles. The minimum absolute atomic E-state index is 0.0224. The molecule has 0 spiro atoms. The van der Waals surface area contributed by atoms with Crippen molar-refractivity contribution < 1.29 is 22.8 Å². The maximum Gasteiger partial charge on any atom is 0.417 e. The lowest BCUT2D eigenvalue weighted by atomic mass is 10.0. The third-order valence-electron chi connectivity index (χ3n) is 6.44. The van der Waals surface area contributed by atoms with Gasteiger partial charge in [-0.05, 0) is 66.3 Å². The minimum Gasteiger partial charge on any atom is -0.367 e. The van der Waals surface area contributed by atoms with Crippen LogP contribution < -0.4 is 20.0 Å². The summed E-state index contributed by atoms with van der Waals surface area (Å²) >= 11 is 11.2. The summed E-state index contributed by atoms with van der Waals surface area (Å²) in [5, 5.41) is 3.05. The number of alkyl halides is 3. The maximum atomic E-state index is 13.4. The molecule has 0 saturated carbocycles. The van der Waals surface area contributed by atoms with Gasteiger partial charge in [-0.1, -0.05) is 29.8 Å². The van der Waals surface area contributed by atoms with Crippen molar-refractivity contribution in [3.8, 4) is 0 Å². The predicted octanol–water partition coefficient (Wildman–Crippen LogP) is 4.91. The van der Waals surface area contributed by atoms with Crippen molar-refractivity contribution in [2.45, 2.75) is 6.18 Å². The number of hydrogen-bond donors (Lipinski definition) is 1. The Bertz CT molecular complexity index is 1450. The van der Waals surface area contributed by atoms with E-state index < -0.39 is 23.6 Å². The first-order valence-corrected chi connectivity index (χ1v) is 12.7. The van der Waals surface area contributed by atoms with E-state index in [1.54, 1.807) is 30.3 Å². The largest absolute Gasteiger partial charge is 0.417 e. The van der Waals surface area contributed by atoms with Gasteiger partial charge in [0.15, 0.2) is 5.11 Å². The summed E-state index contributed by atoms with van der Waals surface area (Å²) in [4.78, 5) is 35.4. The molecule has 3 aromatic rings. The highest BCUT2D eigenvalue weighted by Gasteiger charge is 2.35. The second-order valence-corrected chi connectivity index (χ2v) is 9.69. The number of para-hydroxylation sites is 1. The Morgan fingerprint density at radius 1 is 0.923 bits per heavy atom. The van der Waals surface area contributed by atoms with Gasteiger partial charge in [-0.25, -0.2) is 4.98 Å². The van der Waals surface area contributed by atoms with Crippen molar-refractivity contribution in [3.63, 3.8) is 0 Å². The fourth-order valence-corrected chi connectivity index (χ4v) is 4.86. The summed E-state index contributed by atoms with van der Waals surface area (Å²) < 4.78 is 38.6. The topological polar surface area (TPSA) is 68.8 Å². The summed E-state index contributed by atoms with van der Waals surface area (Å²) in [7, 11) is 0. The molecule has 2 amide bonds. The minimum atomic E-state index is -4.43. The van der Waals surface area contributed by atoms with Crippen LogP contribution in [-0.4, -0.2) is 48.1 Å². The highest BCUT2D eigenvalue weighted by Crippen LogP contribution is 2.31. The number of thiocarbonyl (C=S) groups is 1. The molecule has 2 aromatic carbocycles. The second-order valence-electron chi connectivity index (χ2n) is 8.87. The molecule has 5 rings (SSSR count). The summed E-state index contributed by atoms with van der Waals surface area (Å²) in [5.41, 5.74) is 1.10. The second kappa shape index (κ2) is 10.7. The first kappa shape index (κ1) is 26.6. The number of carbonyl (C=O) groups is 2. The van der Waals surface area contributed by atoms with Crippen LogP contribution in [0.2, 0.25) is 5.02 Å². The normalized spacial score (nSPS) is 17.6. The summed E-state index contributed by atoms with van der Waals surface area (Å²) in [6, 6.07) is 16.3. The van der Waals surface area contributed by atoms with Crippen LogP contribution in [0, 0.1) is 0 Å². The van der Waals surface area contributed by atoms with Gasteiger partial charge >= 0.3 is 6.18 Å². The maximum absolute atomic E-state index is 13.4. The van der Waals surface area contributed by atoms with Crippen molar-refractivity contribution in [1.82, 2.24) is 10.3 Å². The van der Waals surface area contributed by atoms with Crippen LogP contribution in [0.3, 0.4) is 0 Å². The van der Waals surface area contributed by atoms with Crippen LogP contribution in [0.1, 0.15) is 11.1 Å². The van der Waals surface area contributed by atoms with E-state index in [2.05, 4.69) is 15.2 Å². The Labute approximate surface area is 232 Å². The lowest BCUT2D eigenvalue weighted by Gasteiger charge is -2.37. The van der Waals surface area contributed by atoms with Crippen LogP contribution in [0.5, 0.6) is 0 Å². The Morgan fingerprint density at radius 2 is 1.59 bits per heavy atom. The molecule has 2 fully saturated rings. The number of anilines is 3. The molecule has 3 heterocycles. The standard InChI is InChI=1S/C27H21ClF3N5O2S/c28-19-6-8-20(9-7-19)36-25(38)21(24(37)33-26(36)39)15-17-3-1-2-4-22(17)34-11-13-35(14-12-34)23-10-5-18(16-32-23)27(29,30)31/h1-10,15-16H,11-14H2,(H,33,37,39)/b21-15+. The van der Waals surface area contributed by atoms with Gasteiger partial charge in [0.05, 0.1) is 11.3 Å². The van der Waals surface area contributed by atoms with Crippen molar-refractivity contribution >= 4 is 64.0 Å². The third kappa shape index (κ3) is 5.59. The average Bonchev–Trinajstić information content (AvgIpc) is 2.92. The lowest BCUT2D eigenvalue weighted by molar-refractivity contribution is -0.137. The molecule has 39 heavy (non-hydrogen) atoms. The number of aromatic nitrogens is 1. The lowest BCUT2D eigenvalue weighted by Crippen LogP contribution is -2.54. The van der Waals surface area contributed by atoms with E-state index in [1.165, 1.54) is 11.0 Å². The Hall–Kier alpha value is -3.96. The predicted molar refractivity (Wildman–Crippen MR) is 148 cm³/mol. The van der Waals surface area contributed by atoms with Crippen LogP contribution in [0.4, 0.5) is 30.4 Å². The van der Waals surface area contributed by atoms with Crippen LogP contribution >= 0.6 is 23.8 Å². The van der Waals surface area contributed by atoms with Gasteiger partial charge in [-0.3, -0.25) is 19.8 Å². The van der Waals surface area contributed by atoms with Crippen LogP contribution in [-0.2, 0) is 15.8 Å². The summed E-state index contributed by atoms with van der Waals surface area (Å²) in [6.07, 6.45) is -2.05. The Kier molecular flexibility index (Phi) is 7.28. The molecule has 12 heteroatoms. The van der Waals surface area contributed by atoms with Gasteiger partial charge in [-0.2, -0.15) is 13.2 Å². The number of rotatable bonds is 4. The van der Waals surface area contributed by atoms with E-state index in [4.69, 9.17) is 23.8 Å². The number of halogens is 4. The number of benzene rings is 2. The zero-order valence-corrected chi connectivity index (χ0v) is 21.9.